The Morgan fingerprint density at radius 1 is 1.14 bits per heavy atom. The van der Waals surface area contributed by atoms with Gasteiger partial charge in [-0.1, -0.05) is 31.9 Å². The van der Waals surface area contributed by atoms with Crippen molar-refractivity contribution < 1.29 is 23.7 Å². The van der Waals surface area contributed by atoms with Crippen LogP contribution in [0.15, 0.2) is 12.3 Å². The van der Waals surface area contributed by atoms with Crippen molar-refractivity contribution >= 4 is 39.2 Å². The van der Waals surface area contributed by atoms with E-state index in [-0.39, 0.29) is 33.9 Å². The SMILES string of the molecule is COc1nc(-c2c(Cl)c(C)cc3[nH]ncc23)c(F)c2nc(OC[C@]34CCC[C@H]3N(C3CC(C)(O)C3)CCC4)nc(N3CCOCC(C)(C)C3)c12. The number of fused-ring (bicyclic) bond motifs is 3. The Morgan fingerprint density at radius 2 is 1.94 bits per heavy atom. The average Bonchev–Trinajstić information content (AvgIpc) is 3.67. The Balaban J connectivity index is 1.24. The van der Waals surface area contributed by atoms with Crippen LogP contribution in [0.3, 0.4) is 0 Å². The summed E-state index contributed by atoms with van der Waals surface area (Å²) < 4.78 is 35.7. The fourth-order valence-corrected chi connectivity index (χ4v) is 9.51. The van der Waals surface area contributed by atoms with Gasteiger partial charge in [0.2, 0.25) is 5.88 Å². The molecule has 0 radical (unpaired) electrons. The van der Waals surface area contributed by atoms with E-state index < -0.39 is 11.4 Å². The molecule has 2 saturated carbocycles. The predicted molar refractivity (Wildman–Crippen MR) is 191 cm³/mol. The van der Waals surface area contributed by atoms with Crippen molar-refractivity contribution in [2.45, 2.75) is 90.3 Å². The number of nitrogens with zero attached hydrogens (tertiary/aromatic N) is 6. The van der Waals surface area contributed by atoms with Gasteiger partial charge in [-0.05, 0) is 70.5 Å². The first-order valence-electron chi connectivity index (χ1n) is 17.9. The highest BCUT2D eigenvalue weighted by Gasteiger charge is 2.53. The molecule has 50 heavy (non-hydrogen) atoms. The van der Waals surface area contributed by atoms with Crippen LogP contribution < -0.4 is 14.4 Å². The largest absolute Gasteiger partial charge is 0.480 e. The lowest BCUT2D eigenvalue weighted by Crippen LogP contribution is -2.61. The maximum atomic E-state index is 17.2. The van der Waals surface area contributed by atoms with E-state index in [0.29, 0.717) is 72.2 Å². The van der Waals surface area contributed by atoms with Gasteiger partial charge >= 0.3 is 6.01 Å². The predicted octanol–water partition coefficient (Wildman–Crippen LogP) is 6.47. The molecule has 4 fully saturated rings. The second-order valence-corrected chi connectivity index (χ2v) is 16.5. The van der Waals surface area contributed by atoms with Gasteiger partial charge in [-0.3, -0.25) is 10.00 Å². The molecule has 13 heteroatoms. The lowest BCUT2D eigenvalue weighted by atomic mass is 9.70. The van der Waals surface area contributed by atoms with Gasteiger partial charge in [0.25, 0.3) is 0 Å². The highest BCUT2D eigenvalue weighted by molar-refractivity contribution is 6.35. The van der Waals surface area contributed by atoms with Crippen molar-refractivity contribution in [3.05, 3.63) is 28.7 Å². The zero-order valence-electron chi connectivity index (χ0n) is 29.6. The third-order valence-electron chi connectivity index (χ3n) is 11.6. The standard InChI is InChI=1S/C37H47ClFN7O4/c1-21-14-24-23(17-40-44-24)26(28(21)38)30-29(39)31-27(33(41-30)48-5)32(45-12-13-49-19-35(2,3)18-45)43-34(42-31)50-20-37-9-6-8-25(37)46(11-7-10-37)22-15-36(4,47)16-22/h14,17,22,25,47H,6-13,15-16,18-20H2,1-5H3,(H,40,44)/t22?,25-,36?,37-/m1/s1. The number of benzene rings is 1. The number of halogens is 2. The van der Waals surface area contributed by atoms with Crippen molar-refractivity contribution in [1.82, 2.24) is 30.0 Å². The monoisotopic (exact) mass is 707 g/mol. The van der Waals surface area contributed by atoms with Crippen LogP contribution in [0.2, 0.25) is 5.02 Å². The summed E-state index contributed by atoms with van der Waals surface area (Å²) >= 11 is 6.88. The fourth-order valence-electron chi connectivity index (χ4n) is 9.26. The maximum Gasteiger partial charge on any atom is 0.319 e. The summed E-state index contributed by atoms with van der Waals surface area (Å²) in [4.78, 5) is 19.3. The van der Waals surface area contributed by atoms with E-state index in [1.54, 1.807) is 6.20 Å². The Kier molecular flexibility index (Phi) is 8.40. The summed E-state index contributed by atoms with van der Waals surface area (Å²) in [6, 6.07) is 2.78. The van der Waals surface area contributed by atoms with E-state index in [1.807, 2.05) is 19.9 Å². The number of methoxy groups -OCH3 is 1. The third kappa shape index (κ3) is 5.76. The molecule has 2 aliphatic carbocycles. The van der Waals surface area contributed by atoms with Crippen LogP contribution >= 0.6 is 11.6 Å². The van der Waals surface area contributed by atoms with E-state index in [2.05, 4.69) is 33.8 Å². The molecule has 0 bridgehead atoms. The van der Waals surface area contributed by atoms with Crippen LogP contribution in [0, 0.1) is 23.6 Å². The number of likely N-dealkylation sites (tertiary alicyclic amines) is 1. The molecular formula is C37H47ClFN7O4. The first-order chi connectivity index (χ1) is 23.9. The van der Waals surface area contributed by atoms with Crippen molar-refractivity contribution in [2.24, 2.45) is 10.8 Å². The molecule has 0 amide bonds. The van der Waals surface area contributed by atoms with Gasteiger partial charge in [0, 0.05) is 47.0 Å². The van der Waals surface area contributed by atoms with Crippen LogP contribution in [-0.4, -0.2) is 99.4 Å². The zero-order valence-corrected chi connectivity index (χ0v) is 30.4. The van der Waals surface area contributed by atoms with Crippen molar-refractivity contribution in [3.63, 3.8) is 0 Å². The number of hydrogen-bond acceptors (Lipinski definition) is 10. The van der Waals surface area contributed by atoms with E-state index in [0.717, 1.165) is 62.6 Å². The van der Waals surface area contributed by atoms with Gasteiger partial charge in [-0.2, -0.15) is 15.1 Å². The Labute approximate surface area is 296 Å². The molecule has 0 spiro atoms. The number of ether oxygens (including phenoxy) is 3. The number of H-pyrrole nitrogens is 1. The first-order valence-corrected chi connectivity index (χ1v) is 18.3. The van der Waals surface area contributed by atoms with Crippen molar-refractivity contribution in [3.8, 4) is 23.1 Å². The highest BCUT2D eigenvalue weighted by Crippen LogP contribution is 2.51. The number of hydrogen-bond donors (Lipinski definition) is 2. The average molecular weight is 708 g/mol. The Morgan fingerprint density at radius 3 is 2.72 bits per heavy atom. The lowest BCUT2D eigenvalue weighted by molar-refractivity contribution is -0.117. The molecule has 2 aliphatic heterocycles. The van der Waals surface area contributed by atoms with Crippen LogP contribution in [0.25, 0.3) is 33.1 Å². The number of rotatable bonds is 7. The first kappa shape index (κ1) is 33.8. The number of anilines is 1. The van der Waals surface area contributed by atoms with Gasteiger partial charge in [-0.25, -0.2) is 9.37 Å². The van der Waals surface area contributed by atoms with Crippen molar-refractivity contribution in [2.75, 3.05) is 51.5 Å². The molecule has 268 valence electrons. The summed E-state index contributed by atoms with van der Waals surface area (Å²) in [6.07, 6.45) is 8.66. The maximum absolute atomic E-state index is 17.2. The third-order valence-corrected chi connectivity index (χ3v) is 12.1. The van der Waals surface area contributed by atoms with Crippen LogP contribution in [0.5, 0.6) is 11.9 Å². The van der Waals surface area contributed by atoms with Crippen molar-refractivity contribution in [1.29, 1.82) is 0 Å². The molecule has 2 atom stereocenters. The highest BCUT2D eigenvalue weighted by atomic mass is 35.5. The van der Waals surface area contributed by atoms with Gasteiger partial charge in [0.05, 0.1) is 49.3 Å². The number of aliphatic hydroxyl groups is 1. The summed E-state index contributed by atoms with van der Waals surface area (Å²) in [5.74, 6) is 0.0703. The number of aromatic amines is 1. The zero-order chi connectivity index (χ0) is 35.0. The molecule has 0 unspecified atom stereocenters. The van der Waals surface area contributed by atoms with Gasteiger partial charge in [0.1, 0.15) is 22.4 Å². The van der Waals surface area contributed by atoms with Gasteiger partial charge < -0.3 is 24.2 Å². The van der Waals surface area contributed by atoms with Gasteiger partial charge in [0.15, 0.2) is 5.82 Å². The van der Waals surface area contributed by atoms with E-state index >= 15 is 4.39 Å². The van der Waals surface area contributed by atoms with E-state index in [1.165, 1.54) is 7.11 Å². The summed E-state index contributed by atoms with van der Waals surface area (Å²) in [5.41, 5.74) is 1.17. The van der Waals surface area contributed by atoms with Crippen LogP contribution in [0.1, 0.15) is 71.3 Å². The van der Waals surface area contributed by atoms with Gasteiger partial charge in [-0.15, -0.1) is 0 Å². The summed E-state index contributed by atoms with van der Waals surface area (Å²) in [6.45, 7) is 11.8. The number of piperidine rings is 1. The molecule has 4 aliphatic rings. The number of aryl methyl sites for hydroxylation is 1. The van der Waals surface area contributed by atoms with Crippen LogP contribution in [0.4, 0.5) is 10.2 Å². The molecule has 3 aromatic heterocycles. The second kappa shape index (κ2) is 12.4. The molecule has 5 heterocycles. The summed E-state index contributed by atoms with van der Waals surface area (Å²) in [7, 11) is 1.52. The molecule has 8 rings (SSSR count). The molecule has 2 saturated heterocycles. The quantitative estimate of drug-likeness (QED) is 0.221. The molecule has 4 aromatic rings. The smallest absolute Gasteiger partial charge is 0.319 e. The Bertz CT molecular complexity index is 1940. The molecular weight excluding hydrogens is 661 g/mol. The van der Waals surface area contributed by atoms with E-state index in [4.69, 9.17) is 40.8 Å². The van der Waals surface area contributed by atoms with Crippen LogP contribution in [-0.2, 0) is 4.74 Å². The normalized spacial score (nSPS) is 28.4. The fraction of sp³-hybridized carbons (Fsp3) is 0.622. The number of nitrogens with one attached hydrogen (secondary N) is 1. The number of pyridine rings is 1. The van der Waals surface area contributed by atoms with E-state index in [9.17, 15) is 5.11 Å². The minimum absolute atomic E-state index is 0.0262. The Hall–Kier alpha value is -3.32. The minimum atomic E-state index is -0.632. The molecule has 2 N–H and O–H groups in total. The summed E-state index contributed by atoms with van der Waals surface area (Å²) in [5, 5.41) is 19.1. The minimum Gasteiger partial charge on any atom is -0.480 e. The number of aromatic nitrogens is 5. The molecule has 11 nitrogen and oxygen atoms in total. The second-order valence-electron chi connectivity index (χ2n) is 16.1. The topological polar surface area (TPSA) is 122 Å². The molecule has 1 aromatic carbocycles. The lowest BCUT2D eigenvalue weighted by Gasteiger charge is -2.55.